The van der Waals surface area contributed by atoms with Gasteiger partial charge in [0.05, 0.1) is 19.8 Å². The van der Waals surface area contributed by atoms with Crippen LogP contribution < -0.4 is 0 Å². The lowest BCUT2D eigenvalue weighted by Gasteiger charge is -2.27. The Morgan fingerprint density at radius 3 is 1.50 bits per heavy atom. The highest BCUT2D eigenvalue weighted by atomic mass is 32.2. The molecule has 0 aromatic carbocycles. The number of esters is 1. The smallest absolute Gasteiger partial charge is 0.465 e. The Labute approximate surface area is 143 Å². The summed E-state index contributed by atoms with van der Waals surface area (Å²) in [5.41, 5.74) is -14.6. The molecular formula is C10H12F6O8S2. The van der Waals surface area contributed by atoms with Gasteiger partial charge in [-0.25, -0.2) is 0 Å². The van der Waals surface area contributed by atoms with Crippen LogP contribution in [0, 0.1) is 5.41 Å². The number of hydrogen-bond donors (Lipinski definition) is 0. The SMILES string of the molecule is C=CC(COS(=O)(=O)C(F)(F)F)(COS(=O)(=O)C(F)(F)F)C(=O)OCC. The Balaban J connectivity index is 5.72. The van der Waals surface area contributed by atoms with E-state index < -0.39 is 62.5 Å². The van der Waals surface area contributed by atoms with Crippen molar-refractivity contribution in [2.75, 3.05) is 19.8 Å². The number of carbonyl (C=O) groups is 1. The van der Waals surface area contributed by atoms with E-state index in [4.69, 9.17) is 0 Å². The molecule has 26 heavy (non-hydrogen) atoms. The predicted molar refractivity (Wildman–Crippen MR) is 71.1 cm³/mol. The fourth-order valence-corrected chi connectivity index (χ4v) is 2.13. The molecule has 0 spiro atoms. The molecule has 0 amide bonds. The van der Waals surface area contributed by atoms with E-state index in [9.17, 15) is 48.0 Å². The van der Waals surface area contributed by atoms with Crippen molar-refractivity contribution in [3.63, 3.8) is 0 Å². The number of halogens is 6. The van der Waals surface area contributed by atoms with Gasteiger partial charge >= 0.3 is 37.2 Å². The first-order chi connectivity index (χ1) is 11.5. The Hall–Kier alpha value is -1.39. The third-order valence-corrected chi connectivity index (χ3v) is 4.57. The number of hydrogen-bond acceptors (Lipinski definition) is 8. The molecule has 16 heteroatoms. The van der Waals surface area contributed by atoms with E-state index >= 15 is 0 Å². The van der Waals surface area contributed by atoms with Crippen LogP contribution in [0.15, 0.2) is 12.7 Å². The summed E-state index contributed by atoms with van der Waals surface area (Å²) in [6, 6.07) is 0. The van der Waals surface area contributed by atoms with Crippen LogP contribution >= 0.6 is 0 Å². The van der Waals surface area contributed by atoms with Crippen LogP contribution in [0.3, 0.4) is 0 Å². The van der Waals surface area contributed by atoms with E-state index in [1.165, 1.54) is 6.92 Å². The standard InChI is InChI=1S/C10H12F6O8S2/c1-3-8(7(17)22-4-2,5-23-25(18,19)9(11,12)13)6-24-26(20,21)10(14,15)16/h3H,1,4-6H2,2H3. The second-order valence-corrected chi connectivity index (χ2v) is 7.62. The van der Waals surface area contributed by atoms with Crippen LogP contribution in [0.1, 0.15) is 6.92 Å². The minimum Gasteiger partial charge on any atom is -0.465 e. The highest BCUT2D eigenvalue weighted by molar-refractivity contribution is 7.87. The van der Waals surface area contributed by atoms with Crippen LogP contribution in [0.5, 0.6) is 0 Å². The van der Waals surface area contributed by atoms with Gasteiger partial charge < -0.3 is 4.74 Å². The van der Waals surface area contributed by atoms with E-state index in [0.29, 0.717) is 6.08 Å². The molecule has 0 aromatic heterocycles. The number of alkyl halides is 6. The number of ether oxygens (including phenoxy) is 1. The molecule has 0 unspecified atom stereocenters. The Morgan fingerprint density at radius 1 is 0.923 bits per heavy atom. The van der Waals surface area contributed by atoms with Crippen molar-refractivity contribution in [3.8, 4) is 0 Å². The van der Waals surface area contributed by atoms with Gasteiger partial charge in [-0.05, 0) is 6.92 Å². The van der Waals surface area contributed by atoms with Crippen molar-refractivity contribution >= 4 is 26.2 Å². The fourth-order valence-electron chi connectivity index (χ4n) is 1.13. The molecule has 0 aliphatic heterocycles. The van der Waals surface area contributed by atoms with Crippen molar-refractivity contribution in [3.05, 3.63) is 12.7 Å². The molecule has 0 heterocycles. The molecule has 0 saturated carbocycles. The summed E-state index contributed by atoms with van der Waals surface area (Å²) in [5, 5.41) is 0. The monoisotopic (exact) mass is 438 g/mol. The van der Waals surface area contributed by atoms with Crippen LogP contribution in [0.4, 0.5) is 26.3 Å². The largest absolute Gasteiger partial charge is 0.523 e. The highest BCUT2D eigenvalue weighted by Gasteiger charge is 2.52. The lowest BCUT2D eigenvalue weighted by molar-refractivity contribution is -0.156. The van der Waals surface area contributed by atoms with Crippen molar-refractivity contribution in [1.29, 1.82) is 0 Å². The molecule has 8 nitrogen and oxygen atoms in total. The number of rotatable bonds is 9. The molecule has 0 fully saturated rings. The van der Waals surface area contributed by atoms with Crippen LogP contribution in [-0.2, 0) is 38.1 Å². The zero-order chi connectivity index (χ0) is 21.0. The Kier molecular flexibility index (Phi) is 7.66. The van der Waals surface area contributed by atoms with Crippen molar-refractivity contribution in [1.82, 2.24) is 0 Å². The normalized spacial score (nSPS) is 14.1. The van der Waals surface area contributed by atoms with Crippen LogP contribution in [0.2, 0.25) is 0 Å². The summed E-state index contributed by atoms with van der Waals surface area (Å²) in [6.45, 7) is 0.165. The molecule has 0 radical (unpaired) electrons. The molecule has 0 bridgehead atoms. The Morgan fingerprint density at radius 2 is 1.27 bits per heavy atom. The van der Waals surface area contributed by atoms with Gasteiger partial charge in [-0.1, -0.05) is 6.08 Å². The lowest BCUT2D eigenvalue weighted by atomic mass is 9.91. The maximum Gasteiger partial charge on any atom is 0.523 e. The molecule has 0 aliphatic carbocycles. The quantitative estimate of drug-likeness (QED) is 0.175. The number of carbonyl (C=O) groups excluding carboxylic acids is 1. The van der Waals surface area contributed by atoms with Gasteiger partial charge in [0.1, 0.15) is 5.41 Å². The first-order valence-corrected chi connectivity index (χ1v) is 8.99. The summed E-state index contributed by atoms with van der Waals surface area (Å²) in [5.74, 6) is -1.62. The first kappa shape index (κ1) is 24.6. The minimum atomic E-state index is -6.25. The maximum absolute atomic E-state index is 12.3. The average molecular weight is 438 g/mol. The van der Waals surface area contributed by atoms with Gasteiger partial charge in [0, 0.05) is 0 Å². The molecular weight excluding hydrogens is 426 g/mol. The van der Waals surface area contributed by atoms with Gasteiger partial charge in [0.15, 0.2) is 0 Å². The van der Waals surface area contributed by atoms with E-state index in [1.807, 2.05) is 0 Å². The molecule has 0 atom stereocenters. The van der Waals surface area contributed by atoms with E-state index in [2.05, 4.69) is 19.7 Å². The molecule has 0 saturated heterocycles. The minimum absolute atomic E-state index is 0.350. The van der Waals surface area contributed by atoms with Gasteiger partial charge in [-0.15, -0.1) is 6.58 Å². The highest BCUT2D eigenvalue weighted by Crippen LogP contribution is 2.31. The summed E-state index contributed by atoms with van der Waals surface area (Å²) >= 11 is 0. The van der Waals surface area contributed by atoms with Gasteiger partial charge in [0.25, 0.3) is 0 Å². The lowest BCUT2D eigenvalue weighted by Crippen LogP contribution is -2.43. The molecule has 0 aliphatic rings. The summed E-state index contributed by atoms with van der Waals surface area (Å²) < 4.78 is 129. The zero-order valence-electron chi connectivity index (χ0n) is 12.8. The van der Waals surface area contributed by atoms with Crippen molar-refractivity contribution < 1.29 is 61.1 Å². The predicted octanol–water partition coefficient (Wildman–Crippen LogP) is 1.45. The van der Waals surface area contributed by atoms with E-state index in [0.717, 1.165) is 0 Å². The molecule has 0 aromatic rings. The van der Waals surface area contributed by atoms with Crippen LogP contribution in [0.25, 0.3) is 0 Å². The van der Waals surface area contributed by atoms with E-state index in [-0.39, 0.29) is 0 Å². The van der Waals surface area contributed by atoms with Crippen molar-refractivity contribution in [2.45, 2.75) is 17.9 Å². The molecule has 0 N–H and O–H groups in total. The van der Waals surface area contributed by atoms with E-state index in [1.54, 1.807) is 0 Å². The van der Waals surface area contributed by atoms with Gasteiger partial charge in [0.2, 0.25) is 0 Å². The summed E-state index contributed by atoms with van der Waals surface area (Å²) in [7, 11) is -12.5. The second kappa shape index (κ2) is 8.10. The molecule has 0 rings (SSSR count). The molecule has 154 valence electrons. The zero-order valence-corrected chi connectivity index (χ0v) is 14.4. The second-order valence-electron chi connectivity index (χ2n) is 4.40. The van der Waals surface area contributed by atoms with Gasteiger partial charge in [-0.3, -0.25) is 13.2 Å². The van der Waals surface area contributed by atoms with Crippen LogP contribution in [-0.4, -0.2) is 53.6 Å². The third-order valence-electron chi connectivity index (χ3n) is 2.58. The topological polar surface area (TPSA) is 113 Å². The summed E-state index contributed by atoms with van der Waals surface area (Å²) in [4.78, 5) is 11.8. The fraction of sp³-hybridized carbons (Fsp3) is 0.700. The maximum atomic E-state index is 12.3. The Bertz CT molecular complexity index is 674. The first-order valence-electron chi connectivity index (χ1n) is 6.18. The summed E-state index contributed by atoms with van der Waals surface area (Å²) in [6.07, 6.45) is 0.350. The van der Waals surface area contributed by atoms with Gasteiger partial charge in [-0.2, -0.15) is 43.2 Å². The third kappa shape index (κ3) is 5.82. The average Bonchev–Trinajstić information content (AvgIpc) is 2.45. The van der Waals surface area contributed by atoms with Crippen molar-refractivity contribution in [2.24, 2.45) is 5.41 Å².